The zero-order chi connectivity index (χ0) is 16.6. The Balaban J connectivity index is 1.22. The molecule has 25 heavy (non-hydrogen) atoms. The minimum Gasteiger partial charge on any atom is -0.493 e. The third kappa shape index (κ3) is 3.17. The van der Waals surface area contributed by atoms with Crippen molar-refractivity contribution in [1.29, 1.82) is 0 Å². The summed E-state index contributed by atoms with van der Waals surface area (Å²) >= 11 is 0. The number of likely N-dealkylation sites (tertiary alicyclic amines) is 1. The Labute approximate surface area is 149 Å². The average molecular weight is 338 g/mol. The van der Waals surface area contributed by atoms with Gasteiger partial charge in [0.05, 0.1) is 6.61 Å². The number of fused-ring (bicyclic) bond motifs is 1. The van der Waals surface area contributed by atoms with Crippen molar-refractivity contribution < 1.29 is 4.74 Å². The number of benzene rings is 1. The minimum atomic E-state index is 0.547. The third-order valence-corrected chi connectivity index (χ3v) is 5.88. The van der Waals surface area contributed by atoms with Gasteiger partial charge in [0.2, 0.25) is 0 Å². The van der Waals surface area contributed by atoms with Gasteiger partial charge in [0.1, 0.15) is 17.9 Å². The second kappa shape index (κ2) is 6.45. The molecule has 2 fully saturated rings. The number of piperidine rings is 1. The smallest absolute Gasteiger partial charge is 0.137 e. The Morgan fingerprint density at radius 3 is 3.08 bits per heavy atom. The van der Waals surface area contributed by atoms with Crippen LogP contribution in [-0.4, -0.2) is 45.9 Å². The number of hydrogen-bond acceptors (Lipinski definition) is 4. The summed E-state index contributed by atoms with van der Waals surface area (Å²) < 4.78 is 7.96. The van der Waals surface area contributed by atoms with Crippen molar-refractivity contribution in [2.75, 3.05) is 26.2 Å². The van der Waals surface area contributed by atoms with E-state index in [4.69, 9.17) is 4.74 Å². The van der Waals surface area contributed by atoms with Gasteiger partial charge in [-0.15, -0.1) is 10.2 Å². The Kier molecular flexibility index (Phi) is 3.97. The highest BCUT2D eigenvalue weighted by Crippen LogP contribution is 2.38. The van der Waals surface area contributed by atoms with Crippen LogP contribution in [-0.2, 0) is 12.8 Å². The van der Waals surface area contributed by atoms with Gasteiger partial charge in [-0.2, -0.15) is 0 Å². The lowest BCUT2D eigenvalue weighted by Gasteiger charge is -2.32. The van der Waals surface area contributed by atoms with Crippen molar-refractivity contribution >= 4 is 0 Å². The first-order valence-corrected chi connectivity index (χ1v) is 9.73. The molecule has 2 aromatic rings. The first-order valence-electron chi connectivity index (χ1n) is 9.73. The van der Waals surface area contributed by atoms with Crippen molar-refractivity contribution in [3.63, 3.8) is 0 Å². The molecule has 0 bridgehead atoms. The molecule has 132 valence electrons. The molecule has 5 nitrogen and oxygen atoms in total. The van der Waals surface area contributed by atoms with E-state index in [0.29, 0.717) is 12.0 Å². The molecule has 1 aromatic carbocycles. The second-order valence-corrected chi connectivity index (χ2v) is 7.76. The lowest BCUT2D eigenvalue weighted by Crippen LogP contribution is -2.36. The second-order valence-electron chi connectivity index (χ2n) is 7.76. The van der Waals surface area contributed by atoms with E-state index in [0.717, 1.165) is 38.3 Å². The summed E-state index contributed by atoms with van der Waals surface area (Å²) in [6.07, 6.45) is 9.23. The Bertz CT molecular complexity index is 752. The fraction of sp³-hybridized carbons (Fsp3) is 0.600. The summed E-state index contributed by atoms with van der Waals surface area (Å²) in [5.41, 5.74) is 2.82. The van der Waals surface area contributed by atoms with Crippen LogP contribution in [0.3, 0.4) is 0 Å². The van der Waals surface area contributed by atoms with Crippen LogP contribution in [0.4, 0.5) is 0 Å². The molecule has 1 aromatic heterocycles. The van der Waals surface area contributed by atoms with Gasteiger partial charge in [0.25, 0.3) is 0 Å². The minimum absolute atomic E-state index is 0.547. The molecule has 0 amide bonds. The highest BCUT2D eigenvalue weighted by atomic mass is 16.5. The van der Waals surface area contributed by atoms with E-state index >= 15 is 0 Å². The molecule has 1 atom stereocenters. The highest BCUT2D eigenvalue weighted by Gasteiger charge is 2.31. The summed E-state index contributed by atoms with van der Waals surface area (Å²) in [6.45, 7) is 4.31. The summed E-state index contributed by atoms with van der Waals surface area (Å²) in [4.78, 5) is 2.61. The largest absolute Gasteiger partial charge is 0.493 e. The molecule has 3 heterocycles. The van der Waals surface area contributed by atoms with E-state index in [2.05, 4.69) is 37.9 Å². The maximum absolute atomic E-state index is 5.61. The normalized spacial score (nSPS) is 23.4. The van der Waals surface area contributed by atoms with E-state index < -0.39 is 0 Å². The maximum Gasteiger partial charge on any atom is 0.137 e. The van der Waals surface area contributed by atoms with Crippen LogP contribution >= 0.6 is 0 Å². The first kappa shape index (κ1) is 15.4. The topological polar surface area (TPSA) is 43.2 Å². The fourth-order valence-corrected chi connectivity index (χ4v) is 4.33. The van der Waals surface area contributed by atoms with Crippen LogP contribution in [0.5, 0.6) is 5.75 Å². The zero-order valence-electron chi connectivity index (χ0n) is 14.7. The standard InChI is InChI=1S/C20H26N4O/c1-2-17(20-22-21-14-24(20)18-4-5-18)13-23(9-1)10-7-15-3-6-19-16(12-15)8-11-25-19/h3,6,12,14,17-18H,1-2,4-5,7-11,13H2. The van der Waals surface area contributed by atoms with Crippen molar-refractivity contribution in [1.82, 2.24) is 19.7 Å². The molecule has 1 unspecified atom stereocenters. The van der Waals surface area contributed by atoms with Crippen LogP contribution in [0, 0.1) is 0 Å². The van der Waals surface area contributed by atoms with E-state index in [1.54, 1.807) is 0 Å². The van der Waals surface area contributed by atoms with Gasteiger partial charge in [0.15, 0.2) is 0 Å². The van der Waals surface area contributed by atoms with Crippen molar-refractivity contribution in [3.05, 3.63) is 41.5 Å². The molecular formula is C20H26N4O. The number of rotatable bonds is 5. The summed E-state index contributed by atoms with van der Waals surface area (Å²) in [5, 5.41) is 8.66. The lowest BCUT2D eigenvalue weighted by molar-refractivity contribution is 0.204. The van der Waals surface area contributed by atoms with E-state index in [9.17, 15) is 0 Å². The quantitative estimate of drug-likeness (QED) is 0.841. The third-order valence-electron chi connectivity index (χ3n) is 5.88. The van der Waals surface area contributed by atoms with Crippen molar-refractivity contribution in [2.45, 2.75) is 50.5 Å². The summed E-state index contributed by atoms with van der Waals surface area (Å²) in [6, 6.07) is 7.39. The molecule has 0 N–H and O–H groups in total. The number of nitrogens with zero attached hydrogens (tertiary/aromatic N) is 4. The van der Waals surface area contributed by atoms with Crippen LogP contribution in [0.25, 0.3) is 0 Å². The Hall–Kier alpha value is -1.88. The van der Waals surface area contributed by atoms with Crippen molar-refractivity contribution in [3.8, 4) is 5.75 Å². The molecule has 1 saturated heterocycles. The number of ether oxygens (including phenoxy) is 1. The summed E-state index contributed by atoms with van der Waals surface area (Å²) in [5.74, 6) is 2.85. The van der Waals surface area contributed by atoms with Crippen molar-refractivity contribution in [2.24, 2.45) is 0 Å². The predicted octanol–water partition coefficient (Wildman–Crippen LogP) is 2.97. The van der Waals surface area contributed by atoms with E-state index in [1.165, 1.54) is 49.2 Å². The first-order chi connectivity index (χ1) is 12.4. The average Bonchev–Trinajstić information content (AvgIpc) is 3.19. The van der Waals surface area contributed by atoms with Gasteiger partial charge in [-0.25, -0.2) is 0 Å². The van der Waals surface area contributed by atoms with Crippen LogP contribution in [0.15, 0.2) is 24.5 Å². The Morgan fingerprint density at radius 2 is 2.16 bits per heavy atom. The molecule has 0 spiro atoms. The predicted molar refractivity (Wildman–Crippen MR) is 96.1 cm³/mol. The number of aromatic nitrogens is 3. The van der Waals surface area contributed by atoms with E-state index in [1.807, 2.05) is 6.33 Å². The highest BCUT2D eigenvalue weighted by molar-refractivity contribution is 5.39. The molecule has 1 saturated carbocycles. The van der Waals surface area contributed by atoms with Crippen LogP contribution in [0.2, 0.25) is 0 Å². The molecular weight excluding hydrogens is 312 g/mol. The molecule has 2 aliphatic heterocycles. The molecule has 1 aliphatic carbocycles. The van der Waals surface area contributed by atoms with Gasteiger partial charge in [0, 0.05) is 31.5 Å². The lowest BCUT2D eigenvalue weighted by atomic mass is 9.96. The van der Waals surface area contributed by atoms with Gasteiger partial charge in [-0.05, 0) is 55.8 Å². The Morgan fingerprint density at radius 1 is 1.20 bits per heavy atom. The van der Waals surface area contributed by atoms with Crippen LogP contribution < -0.4 is 4.74 Å². The van der Waals surface area contributed by atoms with Gasteiger partial charge in [-0.3, -0.25) is 0 Å². The summed E-state index contributed by atoms with van der Waals surface area (Å²) in [7, 11) is 0. The maximum atomic E-state index is 5.61. The molecule has 0 radical (unpaired) electrons. The monoisotopic (exact) mass is 338 g/mol. The fourth-order valence-electron chi connectivity index (χ4n) is 4.33. The molecule has 5 rings (SSSR count). The molecule has 5 heteroatoms. The SMILES string of the molecule is c1cc2c(cc1CCN1CCCC(c3nncn3C3CC3)C1)CCO2. The number of hydrogen-bond donors (Lipinski definition) is 0. The zero-order valence-corrected chi connectivity index (χ0v) is 14.7. The molecule has 3 aliphatic rings. The van der Waals surface area contributed by atoms with E-state index in [-0.39, 0.29) is 0 Å². The van der Waals surface area contributed by atoms with Gasteiger partial charge >= 0.3 is 0 Å². The van der Waals surface area contributed by atoms with Crippen LogP contribution in [0.1, 0.15) is 54.6 Å². The van der Waals surface area contributed by atoms with Gasteiger partial charge < -0.3 is 14.2 Å². The van der Waals surface area contributed by atoms with Gasteiger partial charge in [-0.1, -0.05) is 12.1 Å².